The summed E-state index contributed by atoms with van der Waals surface area (Å²) in [7, 11) is 1.59. The fourth-order valence-corrected chi connectivity index (χ4v) is 3.19. The van der Waals surface area contributed by atoms with Gasteiger partial charge in [0.05, 0.1) is 11.0 Å². The lowest BCUT2D eigenvalue weighted by molar-refractivity contribution is 0.202. The molecule has 0 atom stereocenters. The van der Waals surface area contributed by atoms with Crippen molar-refractivity contribution in [3.8, 4) is 0 Å². The summed E-state index contributed by atoms with van der Waals surface area (Å²) < 4.78 is 2.37. The molecular formula is C19H23N3O. The van der Waals surface area contributed by atoms with E-state index in [0.717, 1.165) is 34.6 Å². The maximum atomic E-state index is 5.76. The average Bonchev–Trinajstić information content (AvgIpc) is 2.57. The lowest BCUT2D eigenvalue weighted by Gasteiger charge is -2.18. The summed E-state index contributed by atoms with van der Waals surface area (Å²) in [5.74, 6) is 0. The number of aromatic nitrogens is 1. The van der Waals surface area contributed by atoms with E-state index in [0.29, 0.717) is 6.54 Å². The number of pyridine rings is 1. The lowest BCUT2D eigenvalue weighted by atomic mass is 10.0. The first-order chi connectivity index (χ1) is 11.2. The molecule has 0 fully saturated rings. The van der Waals surface area contributed by atoms with Crippen LogP contribution in [0, 0.1) is 13.8 Å². The van der Waals surface area contributed by atoms with E-state index in [-0.39, 0.29) is 0 Å². The van der Waals surface area contributed by atoms with Gasteiger partial charge in [0.1, 0.15) is 12.5 Å². The molecule has 23 heavy (non-hydrogen) atoms. The van der Waals surface area contributed by atoms with Crippen molar-refractivity contribution in [1.82, 2.24) is 4.57 Å². The van der Waals surface area contributed by atoms with E-state index in [1.807, 2.05) is 6.07 Å². The Balaban J connectivity index is 2.57. The minimum absolute atomic E-state index is 0.678. The van der Waals surface area contributed by atoms with Crippen molar-refractivity contribution in [2.24, 2.45) is 10.9 Å². The van der Waals surface area contributed by atoms with Crippen molar-refractivity contribution in [3.05, 3.63) is 52.9 Å². The van der Waals surface area contributed by atoms with Crippen LogP contribution >= 0.6 is 0 Å². The van der Waals surface area contributed by atoms with Crippen molar-refractivity contribution in [2.75, 3.05) is 13.7 Å². The first kappa shape index (κ1) is 15.6. The first-order valence-electron chi connectivity index (χ1n) is 7.97. The third-order valence-corrected chi connectivity index (χ3v) is 4.45. The molecule has 0 amide bonds. The number of rotatable bonds is 4. The van der Waals surface area contributed by atoms with Gasteiger partial charge in [-0.2, -0.15) is 0 Å². The van der Waals surface area contributed by atoms with Crippen LogP contribution in [0.2, 0.25) is 0 Å². The second-order valence-electron chi connectivity index (χ2n) is 5.84. The topological polar surface area (TPSA) is 52.5 Å². The first-order valence-corrected chi connectivity index (χ1v) is 7.97. The summed E-state index contributed by atoms with van der Waals surface area (Å²) in [6.45, 7) is 5.88. The van der Waals surface area contributed by atoms with Gasteiger partial charge < -0.3 is 15.1 Å². The van der Waals surface area contributed by atoms with E-state index >= 15 is 0 Å². The Kier molecular flexibility index (Phi) is 4.35. The molecule has 0 saturated carbocycles. The molecule has 1 aromatic heterocycles. The number of nitrogens with zero attached hydrogens (tertiary/aromatic N) is 2. The van der Waals surface area contributed by atoms with E-state index < -0.39 is 0 Å². The molecule has 0 bridgehead atoms. The zero-order valence-corrected chi connectivity index (χ0v) is 14.0. The molecule has 0 aliphatic rings. The van der Waals surface area contributed by atoms with Crippen LogP contribution in [-0.4, -0.2) is 18.2 Å². The normalized spacial score (nSPS) is 12.3. The van der Waals surface area contributed by atoms with E-state index in [1.165, 1.54) is 16.6 Å². The van der Waals surface area contributed by atoms with Gasteiger partial charge in [0.15, 0.2) is 0 Å². The molecule has 0 aliphatic carbocycles. The number of fused-ring (bicyclic) bond motifs is 2. The molecule has 0 unspecified atom stereocenters. The third-order valence-electron chi connectivity index (χ3n) is 4.45. The monoisotopic (exact) mass is 309 g/mol. The van der Waals surface area contributed by atoms with Crippen LogP contribution < -0.4 is 11.1 Å². The number of para-hydroxylation sites is 1. The van der Waals surface area contributed by atoms with E-state index in [4.69, 9.17) is 10.6 Å². The summed E-state index contributed by atoms with van der Waals surface area (Å²) in [5, 5.41) is 7.43. The Labute approximate surface area is 136 Å². The summed E-state index contributed by atoms with van der Waals surface area (Å²) in [5.41, 5.74) is 10.7. The van der Waals surface area contributed by atoms with Gasteiger partial charge in [-0.05, 0) is 44.0 Å². The molecule has 0 saturated heterocycles. The van der Waals surface area contributed by atoms with E-state index in [2.05, 4.69) is 53.9 Å². The Morgan fingerprint density at radius 2 is 1.87 bits per heavy atom. The Bertz CT molecular complexity index is 925. The highest BCUT2D eigenvalue weighted by molar-refractivity contribution is 5.95. The van der Waals surface area contributed by atoms with E-state index in [1.54, 1.807) is 7.11 Å². The molecular weight excluding hydrogens is 286 g/mol. The molecule has 4 heteroatoms. The molecule has 4 nitrogen and oxygen atoms in total. The van der Waals surface area contributed by atoms with E-state index in [9.17, 15) is 0 Å². The lowest BCUT2D eigenvalue weighted by Crippen LogP contribution is -2.16. The minimum Gasteiger partial charge on any atom is -0.399 e. The highest BCUT2D eigenvalue weighted by Crippen LogP contribution is 2.24. The molecule has 0 spiro atoms. The molecule has 3 rings (SSSR count). The third kappa shape index (κ3) is 2.59. The molecule has 0 radical (unpaired) electrons. The zero-order chi connectivity index (χ0) is 16.4. The predicted octanol–water partition coefficient (Wildman–Crippen LogP) is 3.22. The maximum absolute atomic E-state index is 5.76. The molecule has 2 N–H and O–H groups in total. The van der Waals surface area contributed by atoms with Crippen molar-refractivity contribution in [2.45, 2.75) is 26.8 Å². The van der Waals surface area contributed by atoms with Gasteiger partial charge in [0.2, 0.25) is 0 Å². The summed E-state index contributed by atoms with van der Waals surface area (Å²) in [6.07, 6.45) is 0.942. The van der Waals surface area contributed by atoms with Crippen molar-refractivity contribution >= 4 is 21.8 Å². The van der Waals surface area contributed by atoms with Gasteiger partial charge >= 0.3 is 0 Å². The number of hydrogen-bond acceptors (Lipinski definition) is 3. The average molecular weight is 309 g/mol. The number of aryl methyl sites for hydroxylation is 3. The van der Waals surface area contributed by atoms with Crippen molar-refractivity contribution in [3.63, 3.8) is 0 Å². The van der Waals surface area contributed by atoms with Crippen LogP contribution in [0.5, 0.6) is 0 Å². The van der Waals surface area contributed by atoms with Crippen LogP contribution in [0.15, 0.2) is 41.6 Å². The van der Waals surface area contributed by atoms with Crippen LogP contribution in [0.4, 0.5) is 0 Å². The smallest absolute Gasteiger partial charge is 0.121 e. The minimum atomic E-state index is 0.678. The summed E-state index contributed by atoms with van der Waals surface area (Å²) in [6, 6.07) is 12.6. The second kappa shape index (κ2) is 6.42. The van der Waals surface area contributed by atoms with Gasteiger partial charge in [-0.3, -0.25) is 0 Å². The highest BCUT2D eigenvalue weighted by Gasteiger charge is 2.12. The SMILES string of the molecule is CO/N=c1/c2ccccc2n(CCCN)c2c(C)c(C)ccc12. The molecule has 120 valence electrons. The standard InChI is InChI=1S/C19H23N3O/c1-13-9-10-16-18(21-23-3)15-7-4-5-8-17(15)22(12-6-11-20)19(16)14(13)2/h4-5,7-10H,6,11-12,20H2,1-3H3/b21-18-. The van der Waals surface area contributed by atoms with Crippen LogP contribution in [-0.2, 0) is 11.4 Å². The molecule has 2 aromatic carbocycles. The summed E-state index contributed by atoms with van der Waals surface area (Å²) >= 11 is 0. The molecule has 0 aliphatic heterocycles. The van der Waals surface area contributed by atoms with Crippen molar-refractivity contribution in [1.29, 1.82) is 0 Å². The Morgan fingerprint density at radius 3 is 2.61 bits per heavy atom. The summed E-state index contributed by atoms with van der Waals surface area (Å²) in [4.78, 5) is 5.13. The van der Waals surface area contributed by atoms with Crippen molar-refractivity contribution < 1.29 is 4.84 Å². The maximum Gasteiger partial charge on any atom is 0.121 e. The molecule has 3 aromatic rings. The Hall–Kier alpha value is -2.33. The van der Waals surface area contributed by atoms with Gasteiger partial charge in [0, 0.05) is 17.3 Å². The fourth-order valence-electron chi connectivity index (χ4n) is 3.19. The number of nitrogens with two attached hydrogens (primary N) is 1. The van der Waals surface area contributed by atoms with Crippen LogP contribution in [0.3, 0.4) is 0 Å². The zero-order valence-electron chi connectivity index (χ0n) is 14.0. The predicted molar refractivity (Wildman–Crippen MR) is 95.2 cm³/mol. The largest absolute Gasteiger partial charge is 0.399 e. The van der Waals surface area contributed by atoms with Gasteiger partial charge in [-0.25, -0.2) is 0 Å². The molecule has 1 heterocycles. The van der Waals surface area contributed by atoms with Crippen LogP contribution in [0.1, 0.15) is 17.5 Å². The Morgan fingerprint density at radius 1 is 1.09 bits per heavy atom. The number of benzene rings is 2. The fraction of sp³-hybridized carbons (Fsp3) is 0.316. The quantitative estimate of drug-likeness (QED) is 0.594. The highest BCUT2D eigenvalue weighted by atomic mass is 16.6. The van der Waals surface area contributed by atoms with Gasteiger partial charge in [-0.15, -0.1) is 0 Å². The van der Waals surface area contributed by atoms with Gasteiger partial charge in [-0.1, -0.05) is 35.5 Å². The van der Waals surface area contributed by atoms with Crippen LogP contribution in [0.25, 0.3) is 21.8 Å². The number of hydrogen-bond donors (Lipinski definition) is 1. The second-order valence-corrected chi connectivity index (χ2v) is 5.84. The van der Waals surface area contributed by atoms with Gasteiger partial charge in [0.25, 0.3) is 0 Å².